The minimum Gasteiger partial charge on any atom is -0.465 e. The third kappa shape index (κ3) is 3.67. The molecule has 0 bridgehead atoms. The second-order valence-electron chi connectivity index (χ2n) is 6.33. The molecule has 0 aliphatic carbocycles. The largest absolute Gasteiger partial charge is 0.465 e. The molecule has 1 amide bonds. The van der Waals surface area contributed by atoms with Crippen molar-refractivity contribution in [2.24, 2.45) is 0 Å². The maximum atomic E-state index is 11.8. The molecule has 0 aromatic rings. The normalized spacial score (nSPS) is 20.8. The highest BCUT2D eigenvalue weighted by Crippen LogP contribution is 2.36. The number of carbonyl (C=O) groups is 2. The van der Waals surface area contributed by atoms with Crippen molar-refractivity contribution in [1.29, 1.82) is 0 Å². The molecule has 6 heteroatoms. The van der Waals surface area contributed by atoms with E-state index in [1.165, 1.54) is 6.08 Å². The topological polar surface area (TPSA) is 66.8 Å². The first kappa shape index (κ1) is 15.9. The van der Waals surface area contributed by atoms with Gasteiger partial charge in [-0.1, -0.05) is 26.8 Å². The molecule has 0 spiro atoms. The van der Waals surface area contributed by atoms with Crippen LogP contribution in [-0.2, 0) is 9.22 Å². The van der Waals surface area contributed by atoms with E-state index in [4.69, 9.17) is 9.53 Å². The highest BCUT2D eigenvalue weighted by Gasteiger charge is 2.39. The van der Waals surface area contributed by atoms with Crippen LogP contribution in [0.15, 0.2) is 12.2 Å². The average molecular weight is 285 g/mol. The number of carboxylic acid groups (broad SMARTS) is 1. The Morgan fingerprint density at radius 3 is 2.58 bits per heavy atom. The molecule has 0 fully saturated rings. The minimum absolute atomic E-state index is 0.0363. The lowest BCUT2D eigenvalue weighted by molar-refractivity contribution is -0.120. The first-order valence-electron chi connectivity index (χ1n) is 6.40. The van der Waals surface area contributed by atoms with Crippen LogP contribution in [0.3, 0.4) is 0 Å². The van der Waals surface area contributed by atoms with Crippen LogP contribution in [0.4, 0.5) is 4.79 Å². The number of hydrogen-bond acceptors (Lipinski definition) is 3. The van der Waals surface area contributed by atoms with Gasteiger partial charge in [0.05, 0.1) is 6.61 Å². The monoisotopic (exact) mass is 285 g/mol. The van der Waals surface area contributed by atoms with Gasteiger partial charge >= 0.3 is 6.09 Å². The van der Waals surface area contributed by atoms with Crippen molar-refractivity contribution in [2.45, 2.75) is 44.9 Å². The summed E-state index contributed by atoms with van der Waals surface area (Å²) < 4.78 is 5.96. The molecule has 108 valence electrons. The van der Waals surface area contributed by atoms with E-state index in [1.54, 1.807) is 6.08 Å². The highest BCUT2D eigenvalue weighted by molar-refractivity contribution is 6.74. The number of nitrogens with zero attached hydrogens (tertiary/aromatic N) is 1. The lowest BCUT2D eigenvalue weighted by atomic mass is 10.1. The zero-order valence-corrected chi connectivity index (χ0v) is 13.3. The second-order valence-corrected chi connectivity index (χ2v) is 11.1. The van der Waals surface area contributed by atoms with Crippen LogP contribution in [0, 0.1) is 0 Å². The fourth-order valence-electron chi connectivity index (χ4n) is 1.56. The van der Waals surface area contributed by atoms with Gasteiger partial charge in [0, 0.05) is 6.54 Å². The van der Waals surface area contributed by atoms with Crippen LogP contribution in [0.5, 0.6) is 0 Å². The van der Waals surface area contributed by atoms with Crippen LogP contribution < -0.4 is 0 Å². The van der Waals surface area contributed by atoms with E-state index in [0.29, 0.717) is 0 Å². The van der Waals surface area contributed by atoms with Gasteiger partial charge < -0.3 is 9.53 Å². The first-order chi connectivity index (χ1) is 8.56. The second kappa shape index (κ2) is 5.46. The van der Waals surface area contributed by atoms with Crippen molar-refractivity contribution in [3.63, 3.8) is 0 Å². The Kier molecular flexibility index (Phi) is 4.57. The molecule has 5 nitrogen and oxygen atoms in total. The van der Waals surface area contributed by atoms with Crippen molar-refractivity contribution in [2.75, 3.05) is 13.2 Å². The summed E-state index contributed by atoms with van der Waals surface area (Å²) in [5, 5.41) is 9.15. The van der Waals surface area contributed by atoms with E-state index >= 15 is 0 Å². The number of ketones is 1. The fraction of sp³-hybridized carbons (Fsp3) is 0.692. The number of carbonyl (C=O) groups excluding carboxylic acids is 1. The molecule has 0 saturated heterocycles. The molecule has 0 aromatic heterocycles. The molecular weight excluding hydrogens is 262 g/mol. The summed E-state index contributed by atoms with van der Waals surface area (Å²) in [7, 11) is -1.98. The molecule has 1 N–H and O–H groups in total. The van der Waals surface area contributed by atoms with E-state index in [-0.39, 0.29) is 24.0 Å². The van der Waals surface area contributed by atoms with Gasteiger partial charge in [-0.05, 0) is 24.2 Å². The van der Waals surface area contributed by atoms with Crippen molar-refractivity contribution >= 4 is 20.2 Å². The van der Waals surface area contributed by atoms with E-state index in [1.807, 2.05) is 0 Å². The summed E-state index contributed by atoms with van der Waals surface area (Å²) in [6.45, 7) is 10.9. The minimum atomic E-state index is -1.98. The molecule has 19 heavy (non-hydrogen) atoms. The van der Waals surface area contributed by atoms with Crippen LogP contribution in [0.1, 0.15) is 20.8 Å². The SMILES string of the molecule is CC(C)(C)[Si](C)(C)OC[C@@H]1C(=O)C=CCN1C(=O)O. The van der Waals surface area contributed by atoms with Gasteiger partial charge in [-0.25, -0.2) is 4.79 Å². The lowest BCUT2D eigenvalue weighted by Crippen LogP contribution is -2.52. The molecule has 1 aliphatic heterocycles. The standard InChI is InChI=1S/C13H23NO4Si/c1-13(2,3)19(4,5)18-9-10-11(15)7-6-8-14(10)12(16)17/h6-7,10H,8-9H2,1-5H3,(H,16,17)/t10-/m1/s1. The van der Waals surface area contributed by atoms with Crippen molar-refractivity contribution in [1.82, 2.24) is 4.90 Å². The maximum Gasteiger partial charge on any atom is 0.408 e. The predicted molar refractivity (Wildman–Crippen MR) is 75.8 cm³/mol. The van der Waals surface area contributed by atoms with Gasteiger partial charge in [-0.15, -0.1) is 0 Å². The summed E-state index contributed by atoms with van der Waals surface area (Å²) in [6.07, 6.45) is 1.93. The summed E-state index contributed by atoms with van der Waals surface area (Å²) in [4.78, 5) is 24.1. The van der Waals surface area contributed by atoms with Crippen molar-refractivity contribution in [3.8, 4) is 0 Å². The van der Waals surface area contributed by atoms with Crippen LogP contribution in [-0.4, -0.2) is 49.4 Å². The summed E-state index contributed by atoms with van der Waals surface area (Å²) >= 11 is 0. The van der Waals surface area contributed by atoms with E-state index in [9.17, 15) is 9.59 Å². The zero-order chi connectivity index (χ0) is 14.8. The number of rotatable bonds is 3. The maximum absolute atomic E-state index is 11.8. The Morgan fingerprint density at radius 1 is 1.53 bits per heavy atom. The summed E-state index contributed by atoms with van der Waals surface area (Å²) in [5.74, 6) is -0.202. The van der Waals surface area contributed by atoms with Crippen molar-refractivity contribution < 1.29 is 19.1 Å². The fourth-order valence-corrected chi connectivity index (χ4v) is 2.57. The van der Waals surface area contributed by atoms with E-state index in [0.717, 1.165) is 4.90 Å². The van der Waals surface area contributed by atoms with Crippen molar-refractivity contribution in [3.05, 3.63) is 12.2 Å². The van der Waals surface area contributed by atoms with Crippen LogP contribution in [0.2, 0.25) is 18.1 Å². The Morgan fingerprint density at radius 2 is 2.11 bits per heavy atom. The van der Waals surface area contributed by atoms with E-state index < -0.39 is 20.5 Å². The van der Waals surface area contributed by atoms with Gasteiger partial charge in [0.1, 0.15) is 6.04 Å². The molecule has 0 unspecified atom stereocenters. The van der Waals surface area contributed by atoms with Gasteiger partial charge in [-0.2, -0.15) is 0 Å². The quantitative estimate of drug-likeness (QED) is 0.809. The first-order valence-corrected chi connectivity index (χ1v) is 9.31. The number of hydrogen-bond donors (Lipinski definition) is 1. The Hall–Kier alpha value is -1.14. The van der Waals surface area contributed by atoms with Gasteiger partial charge in [-0.3, -0.25) is 9.69 Å². The van der Waals surface area contributed by atoms with Crippen LogP contribution >= 0.6 is 0 Å². The smallest absolute Gasteiger partial charge is 0.408 e. The molecule has 1 heterocycles. The molecule has 0 aromatic carbocycles. The van der Waals surface area contributed by atoms with Gasteiger partial charge in [0.2, 0.25) is 0 Å². The van der Waals surface area contributed by atoms with Gasteiger partial charge in [0.15, 0.2) is 14.1 Å². The third-order valence-electron chi connectivity index (χ3n) is 3.94. The van der Waals surface area contributed by atoms with Gasteiger partial charge in [0.25, 0.3) is 0 Å². The predicted octanol–water partition coefficient (Wildman–Crippen LogP) is 2.50. The molecule has 1 aliphatic rings. The molecular formula is C13H23NO4Si. The Labute approximate surface area is 115 Å². The summed E-state index contributed by atoms with van der Waals surface area (Å²) in [6, 6.07) is -0.711. The van der Waals surface area contributed by atoms with Crippen LogP contribution in [0.25, 0.3) is 0 Å². The Balaban J connectivity index is 2.77. The Bertz CT molecular complexity index is 398. The zero-order valence-electron chi connectivity index (χ0n) is 12.3. The average Bonchev–Trinajstić information content (AvgIpc) is 2.25. The number of amides is 1. The molecule has 0 radical (unpaired) electrons. The summed E-state index contributed by atoms with van der Waals surface area (Å²) in [5.41, 5.74) is 0. The molecule has 1 atom stereocenters. The van der Waals surface area contributed by atoms with E-state index in [2.05, 4.69) is 33.9 Å². The lowest BCUT2D eigenvalue weighted by Gasteiger charge is -2.38. The third-order valence-corrected chi connectivity index (χ3v) is 8.44. The molecule has 1 rings (SSSR count). The highest BCUT2D eigenvalue weighted by atomic mass is 28.4. The molecule has 0 saturated carbocycles.